The van der Waals surface area contributed by atoms with Crippen LogP contribution in [0.2, 0.25) is 0 Å². The molecule has 0 bridgehead atoms. The Morgan fingerprint density at radius 1 is 1.09 bits per heavy atom. The van der Waals surface area contributed by atoms with Gasteiger partial charge in [-0.1, -0.05) is 69.2 Å². The molecule has 5 N–H and O–H groups in total. The van der Waals surface area contributed by atoms with Crippen molar-refractivity contribution < 1.29 is 9.53 Å². The molecule has 1 aromatic rings. The molecular formula is C35H60N6O2. The molecule has 0 radical (unpaired) electrons. The maximum absolute atomic E-state index is 14.6. The molecule has 3 aliphatic heterocycles. The number of piperidine rings is 1. The van der Waals surface area contributed by atoms with Crippen LogP contribution in [-0.2, 0) is 16.1 Å². The Balaban J connectivity index is 1.48. The molecule has 3 saturated heterocycles. The van der Waals surface area contributed by atoms with Crippen molar-refractivity contribution in [2.75, 3.05) is 39.9 Å². The van der Waals surface area contributed by atoms with E-state index in [1.165, 1.54) is 68.9 Å². The average Bonchev–Trinajstić information content (AvgIpc) is 3.41. The third-order valence-corrected chi connectivity index (χ3v) is 11.0. The zero-order valence-electron chi connectivity index (χ0n) is 27.3. The van der Waals surface area contributed by atoms with Gasteiger partial charge in [-0.05, 0) is 70.0 Å². The van der Waals surface area contributed by atoms with Gasteiger partial charge in [0, 0.05) is 68.9 Å². The standard InChI is InChI=1S/C35H60N6O2/c1-26(2)41-25-35(29-14-9-7-5-4-6-8-10-15-29)31(33(42)37-30-16-20-43-21-17-30)23-32(38-34(35)39-41)28-13-11-12-27(22-28)24-40(3)19-18-36/h11-13,22,26,29-32,34,38-39H,4-10,14-21,23-25,36H2,1-3H3,(H,37,42). The zero-order chi connectivity index (χ0) is 30.2. The molecule has 4 aliphatic rings. The second-order valence-corrected chi connectivity index (χ2v) is 14.3. The lowest BCUT2D eigenvalue weighted by atomic mass is 9.58. The number of hydrogen-bond acceptors (Lipinski definition) is 7. The first-order valence-corrected chi connectivity index (χ1v) is 17.5. The lowest BCUT2D eigenvalue weighted by Crippen LogP contribution is -2.64. The first-order chi connectivity index (χ1) is 20.9. The van der Waals surface area contributed by atoms with Crippen LogP contribution >= 0.6 is 0 Å². The van der Waals surface area contributed by atoms with Crippen LogP contribution in [0.5, 0.6) is 0 Å². The third-order valence-electron chi connectivity index (χ3n) is 11.0. The van der Waals surface area contributed by atoms with Gasteiger partial charge in [0.15, 0.2) is 0 Å². The Morgan fingerprint density at radius 2 is 1.79 bits per heavy atom. The number of nitrogens with zero attached hydrogens (tertiary/aromatic N) is 2. The van der Waals surface area contributed by atoms with Crippen LogP contribution in [-0.4, -0.2) is 74.0 Å². The number of nitrogens with one attached hydrogen (secondary N) is 3. The number of carbonyl (C=O) groups excluding carboxylic acids is 1. The summed E-state index contributed by atoms with van der Waals surface area (Å²) in [4.78, 5) is 16.9. The first-order valence-electron chi connectivity index (χ1n) is 17.5. The lowest BCUT2D eigenvalue weighted by Gasteiger charge is -2.52. The van der Waals surface area contributed by atoms with Crippen LogP contribution in [0.4, 0.5) is 0 Å². The SMILES string of the molecule is CC(C)N1CC2(C3CCCCCCCCC3)C(NC(c3cccc(CN(C)CCN)c3)CC2C(=O)NC2CCOCC2)N1. The highest BCUT2D eigenvalue weighted by atomic mass is 16.5. The van der Waals surface area contributed by atoms with Gasteiger partial charge < -0.3 is 20.7 Å². The predicted molar refractivity (Wildman–Crippen MR) is 174 cm³/mol. The van der Waals surface area contributed by atoms with Crippen molar-refractivity contribution in [3.05, 3.63) is 35.4 Å². The molecule has 0 spiro atoms. The molecule has 4 unspecified atom stereocenters. The summed E-state index contributed by atoms with van der Waals surface area (Å²) >= 11 is 0. The highest BCUT2D eigenvalue weighted by Gasteiger charge is 2.61. The van der Waals surface area contributed by atoms with Crippen molar-refractivity contribution in [2.24, 2.45) is 23.0 Å². The topological polar surface area (TPSA) is 94.9 Å². The Kier molecular flexibility index (Phi) is 11.9. The van der Waals surface area contributed by atoms with Gasteiger partial charge in [0.2, 0.25) is 5.91 Å². The number of amides is 1. The van der Waals surface area contributed by atoms with Crippen LogP contribution in [0.15, 0.2) is 24.3 Å². The van der Waals surface area contributed by atoms with Crippen LogP contribution < -0.4 is 21.8 Å². The number of fused-ring (bicyclic) bond motifs is 1. The van der Waals surface area contributed by atoms with Gasteiger partial charge in [-0.3, -0.25) is 10.1 Å². The maximum Gasteiger partial charge on any atom is 0.224 e. The lowest BCUT2D eigenvalue weighted by molar-refractivity contribution is -0.137. The summed E-state index contributed by atoms with van der Waals surface area (Å²) in [5.41, 5.74) is 12.2. The minimum atomic E-state index is -0.145. The summed E-state index contributed by atoms with van der Waals surface area (Å²) in [6, 6.07) is 9.70. The van der Waals surface area contributed by atoms with Gasteiger partial charge in [-0.2, -0.15) is 0 Å². The summed E-state index contributed by atoms with van der Waals surface area (Å²) in [7, 11) is 2.13. The molecule has 1 saturated carbocycles. The number of hydrogen-bond donors (Lipinski definition) is 4. The number of carbonyl (C=O) groups is 1. The number of benzene rings is 1. The number of ether oxygens (including phenoxy) is 1. The van der Waals surface area contributed by atoms with E-state index >= 15 is 0 Å². The highest BCUT2D eigenvalue weighted by Crippen LogP contribution is 2.53. The summed E-state index contributed by atoms with van der Waals surface area (Å²) < 4.78 is 5.64. The fourth-order valence-electron chi connectivity index (χ4n) is 8.52. The van der Waals surface area contributed by atoms with Gasteiger partial charge in [0.05, 0.1) is 6.17 Å². The van der Waals surface area contributed by atoms with Crippen molar-refractivity contribution in [2.45, 2.75) is 122 Å². The van der Waals surface area contributed by atoms with Crippen LogP contribution in [0, 0.1) is 17.3 Å². The summed E-state index contributed by atoms with van der Waals surface area (Å²) in [6.45, 7) is 9.38. The van der Waals surface area contributed by atoms with Crippen molar-refractivity contribution in [1.29, 1.82) is 0 Å². The molecule has 3 heterocycles. The van der Waals surface area contributed by atoms with Crippen molar-refractivity contribution in [3.63, 3.8) is 0 Å². The van der Waals surface area contributed by atoms with Gasteiger partial charge in [0.1, 0.15) is 0 Å². The van der Waals surface area contributed by atoms with Gasteiger partial charge >= 0.3 is 0 Å². The van der Waals surface area contributed by atoms with E-state index in [9.17, 15) is 4.79 Å². The largest absolute Gasteiger partial charge is 0.381 e. The van der Waals surface area contributed by atoms with E-state index in [4.69, 9.17) is 10.5 Å². The van der Waals surface area contributed by atoms with Crippen molar-refractivity contribution in [3.8, 4) is 0 Å². The second-order valence-electron chi connectivity index (χ2n) is 14.3. The fourth-order valence-corrected chi connectivity index (χ4v) is 8.52. The van der Waals surface area contributed by atoms with E-state index in [0.29, 0.717) is 18.5 Å². The summed E-state index contributed by atoms with van der Waals surface area (Å²) in [6.07, 6.45) is 14.4. The summed E-state index contributed by atoms with van der Waals surface area (Å²) in [5, 5.41) is 10.1. The van der Waals surface area contributed by atoms with E-state index in [1.54, 1.807) is 0 Å². The van der Waals surface area contributed by atoms with Gasteiger partial charge in [0.25, 0.3) is 0 Å². The zero-order valence-corrected chi connectivity index (χ0v) is 27.3. The van der Waals surface area contributed by atoms with E-state index in [1.807, 2.05) is 0 Å². The van der Waals surface area contributed by atoms with E-state index in [0.717, 1.165) is 52.1 Å². The molecule has 4 atom stereocenters. The number of nitrogens with two attached hydrogens (primary N) is 1. The number of likely N-dealkylation sites (N-methyl/N-ethyl adjacent to an activating group) is 1. The third kappa shape index (κ3) is 8.00. The molecule has 4 fully saturated rings. The molecule has 8 heteroatoms. The molecule has 5 rings (SSSR count). The molecule has 8 nitrogen and oxygen atoms in total. The maximum atomic E-state index is 14.6. The van der Waals surface area contributed by atoms with Crippen LogP contribution in [0.25, 0.3) is 0 Å². The number of hydrazine groups is 1. The van der Waals surface area contributed by atoms with Crippen molar-refractivity contribution >= 4 is 5.91 Å². The van der Waals surface area contributed by atoms with E-state index < -0.39 is 0 Å². The molecule has 0 aromatic heterocycles. The monoisotopic (exact) mass is 596 g/mol. The molecule has 1 amide bonds. The molecule has 43 heavy (non-hydrogen) atoms. The molecule has 242 valence electrons. The first kappa shape index (κ1) is 32.8. The predicted octanol–water partition coefficient (Wildman–Crippen LogP) is 4.70. The minimum Gasteiger partial charge on any atom is -0.381 e. The fraction of sp³-hybridized carbons (Fsp3) is 0.800. The van der Waals surface area contributed by atoms with E-state index in [2.05, 4.69) is 71.1 Å². The highest BCUT2D eigenvalue weighted by molar-refractivity contribution is 5.80. The Labute approximate surface area is 261 Å². The van der Waals surface area contributed by atoms with Crippen molar-refractivity contribution in [1.82, 2.24) is 26.0 Å². The minimum absolute atomic E-state index is 0.0562. The van der Waals surface area contributed by atoms with Crippen LogP contribution in [0.3, 0.4) is 0 Å². The second kappa shape index (κ2) is 15.6. The number of rotatable bonds is 9. The van der Waals surface area contributed by atoms with Gasteiger partial charge in [-0.25, -0.2) is 10.4 Å². The van der Waals surface area contributed by atoms with Crippen LogP contribution in [0.1, 0.15) is 108 Å². The normalized spacial score (nSPS) is 30.4. The molecule has 1 aliphatic carbocycles. The molecular weight excluding hydrogens is 536 g/mol. The van der Waals surface area contributed by atoms with Gasteiger partial charge in [-0.15, -0.1) is 0 Å². The Bertz CT molecular complexity index is 1010. The smallest absolute Gasteiger partial charge is 0.224 e. The summed E-state index contributed by atoms with van der Waals surface area (Å²) in [5.74, 6) is 0.730. The quantitative estimate of drug-likeness (QED) is 0.328. The Morgan fingerprint density at radius 3 is 2.47 bits per heavy atom. The molecule has 1 aromatic carbocycles. The van der Waals surface area contributed by atoms with E-state index in [-0.39, 0.29) is 35.5 Å². The Hall–Kier alpha value is -1.55. The average molecular weight is 597 g/mol.